The van der Waals surface area contributed by atoms with Gasteiger partial charge in [-0.15, -0.1) is 0 Å². The van der Waals surface area contributed by atoms with Crippen molar-refractivity contribution in [2.24, 2.45) is 0 Å². The van der Waals surface area contributed by atoms with Crippen LogP contribution in [0, 0.1) is 38.5 Å². The van der Waals surface area contributed by atoms with Crippen LogP contribution >= 0.6 is 11.6 Å². The van der Waals surface area contributed by atoms with E-state index in [0.29, 0.717) is 22.6 Å². The summed E-state index contributed by atoms with van der Waals surface area (Å²) in [4.78, 5) is 33.0. The molecule has 11 heteroatoms. The number of rotatable bonds is 6. The van der Waals surface area contributed by atoms with Gasteiger partial charge in [0.05, 0.1) is 14.9 Å². The molecule has 32 heavy (non-hydrogen) atoms. The molecule has 1 N–H and O–H groups in total. The number of nitrogens with one attached hydrogen (secondary N) is 1. The Bertz CT molecular complexity index is 1320. The number of hydrogen-bond donors (Lipinski definition) is 1. The maximum atomic E-state index is 12.5. The molecule has 0 aliphatic carbocycles. The first-order valence-electron chi connectivity index (χ1n) is 8.92. The van der Waals surface area contributed by atoms with E-state index in [-0.39, 0.29) is 27.7 Å². The number of anilines is 1. The predicted molar refractivity (Wildman–Crippen MR) is 116 cm³/mol. The van der Waals surface area contributed by atoms with Crippen molar-refractivity contribution in [2.75, 3.05) is 5.32 Å². The summed E-state index contributed by atoms with van der Waals surface area (Å²) in [6.45, 7) is 1.59. The topological polar surface area (TPSA) is 152 Å². The molecule has 2 aromatic carbocycles. The predicted octanol–water partition coefficient (Wildman–Crippen LogP) is 5.27. The largest absolute Gasteiger partial charge is 0.457 e. The first-order valence-corrected chi connectivity index (χ1v) is 9.29. The lowest BCUT2D eigenvalue weighted by Gasteiger charge is -2.07. The Labute approximate surface area is 185 Å². The third-order valence-electron chi connectivity index (χ3n) is 4.38. The quantitative estimate of drug-likeness (QED) is 0.231. The molecule has 0 bridgehead atoms. The van der Waals surface area contributed by atoms with Gasteiger partial charge in [-0.25, -0.2) is 0 Å². The average Bonchev–Trinajstić information content (AvgIpc) is 3.21. The van der Waals surface area contributed by atoms with Gasteiger partial charge in [-0.05, 0) is 36.8 Å². The highest BCUT2D eigenvalue weighted by Crippen LogP contribution is 2.32. The van der Waals surface area contributed by atoms with Crippen LogP contribution in [0.1, 0.15) is 11.3 Å². The maximum Gasteiger partial charge on any atom is 0.270 e. The molecule has 1 aromatic heterocycles. The molecule has 0 fully saturated rings. The summed E-state index contributed by atoms with van der Waals surface area (Å²) >= 11 is 6.10. The number of carbonyl (C=O) groups is 1. The van der Waals surface area contributed by atoms with Gasteiger partial charge in [0.1, 0.15) is 23.2 Å². The van der Waals surface area contributed by atoms with E-state index in [0.717, 1.165) is 0 Å². The maximum absolute atomic E-state index is 12.5. The van der Waals surface area contributed by atoms with E-state index in [9.17, 15) is 30.3 Å². The third-order valence-corrected chi connectivity index (χ3v) is 4.69. The Morgan fingerprint density at radius 3 is 2.34 bits per heavy atom. The lowest BCUT2D eigenvalue weighted by molar-refractivity contribution is -0.385. The minimum atomic E-state index is -0.726. The van der Waals surface area contributed by atoms with Gasteiger partial charge < -0.3 is 9.73 Å². The van der Waals surface area contributed by atoms with Crippen LogP contribution in [0.2, 0.25) is 5.02 Å². The Balaban J connectivity index is 1.82. The van der Waals surface area contributed by atoms with Crippen LogP contribution in [0.15, 0.2) is 58.5 Å². The van der Waals surface area contributed by atoms with Crippen molar-refractivity contribution in [1.29, 1.82) is 5.26 Å². The number of furan rings is 1. The number of nitro benzene ring substituents is 2. The molecule has 10 nitrogen and oxygen atoms in total. The zero-order valence-electron chi connectivity index (χ0n) is 16.4. The molecule has 0 aliphatic heterocycles. The number of nitrogens with zero attached hydrogens (tertiary/aromatic N) is 3. The molecule has 160 valence electrons. The summed E-state index contributed by atoms with van der Waals surface area (Å²) in [5.41, 5.74) is 0.622. The van der Waals surface area contributed by atoms with E-state index in [4.69, 9.17) is 16.0 Å². The molecule has 1 amide bonds. The van der Waals surface area contributed by atoms with Crippen LogP contribution in [0.4, 0.5) is 17.1 Å². The van der Waals surface area contributed by atoms with Crippen molar-refractivity contribution in [3.63, 3.8) is 0 Å². The first-order chi connectivity index (χ1) is 15.2. The Kier molecular flexibility index (Phi) is 6.32. The molecular weight excluding hydrogens is 440 g/mol. The highest BCUT2D eigenvalue weighted by molar-refractivity contribution is 6.33. The van der Waals surface area contributed by atoms with Crippen LogP contribution in [-0.2, 0) is 4.79 Å². The monoisotopic (exact) mass is 452 g/mol. The number of hydrogen-bond acceptors (Lipinski definition) is 7. The second-order valence-corrected chi connectivity index (χ2v) is 6.91. The molecule has 0 saturated heterocycles. The van der Waals surface area contributed by atoms with E-state index in [1.54, 1.807) is 19.1 Å². The van der Waals surface area contributed by atoms with Crippen molar-refractivity contribution in [1.82, 2.24) is 0 Å². The van der Waals surface area contributed by atoms with Gasteiger partial charge in [0.25, 0.3) is 17.3 Å². The standard InChI is InChI=1S/C21H13ClN4O6/c1-12-8-14(25(28)29)3-6-19(12)24-21(27)13(11-23)9-16-4-7-20(32-16)17-5-2-15(26(30)31)10-18(17)22/h2-10H,1H3,(H,24,27). The molecule has 0 spiro atoms. The van der Waals surface area contributed by atoms with E-state index in [2.05, 4.69) is 5.32 Å². The SMILES string of the molecule is Cc1cc([N+](=O)[O-])ccc1NC(=O)C(C#N)=Cc1ccc(-c2ccc([N+](=O)[O-])cc2Cl)o1. The molecule has 0 saturated carbocycles. The molecule has 3 aromatic rings. The van der Waals surface area contributed by atoms with Crippen molar-refractivity contribution < 1.29 is 19.1 Å². The second-order valence-electron chi connectivity index (χ2n) is 6.50. The molecule has 1 heterocycles. The fraction of sp³-hybridized carbons (Fsp3) is 0.0476. The lowest BCUT2D eigenvalue weighted by Crippen LogP contribution is -2.14. The zero-order valence-corrected chi connectivity index (χ0v) is 17.1. The number of carbonyl (C=O) groups excluding carboxylic acids is 1. The normalized spacial score (nSPS) is 11.0. The highest BCUT2D eigenvalue weighted by atomic mass is 35.5. The summed E-state index contributed by atoms with van der Waals surface area (Å²) in [6.07, 6.45) is 1.22. The summed E-state index contributed by atoms with van der Waals surface area (Å²) in [7, 11) is 0. The summed E-state index contributed by atoms with van der Waals surface area (Å²) in [5, 5.41) is 33.7. The highest BCUT2D eigenvalue weighted by Gasteiger charge is 2.16. The number of amides is 1. The third kappa shape index (κ3) is 4.80. The first kappa shape index (κ1) is 22.2. The van der Waals surface area contributed by atoms with Crippen LogP contribution < -0.4 is 5.32 Å². The van der Waals surface area contributed by atoms with E-state index < -0.39 is 15.8 Å². The number of nitro groups is 2. The van der Waals surface area contributed by atoms with Gasteiger partial charge in [-0.1, -0.05) is 11.6 Å². The Hall–Kier alpha value is -4.49. The van der Waals surface area contributed by atoms with Crippen LogP contribution in [-0.4, -0.2) is 15.8 Å². The smallest absolute Gasteiger partial charge is 0.270 e. The Morgan fingerprint density at radius 1 is 1.09 bits per heavy atom. The van der Waals surface area contributed by atoms with E-state index >= 15 is 0 Å². The van der Waals surface area contributed by atoms with Crippen molar-refractivity contribution >= 4 is 40.6 Å². The Morgan fingerprint density at radius 2 is 1.75 bits per heavy atom. The fourth-order valence-corrected chi connectivity index (χ4v) is 3.04. The van der Waals surface area contributed by atoms with Gasteiger partial charge in [0.15, 0.2) is 0 Å². The van der Waals surface area contributed by atoms with Crippen LogP contribution in [0.5, 0.6) is 0 Å². The average molecular weight is 453 g/mol. The van der Waals surface area contributed by atoms with Gasteiger partial charge in [-0.3, -0.25) is 25.0 Å². The fourth-order valence-electron chi connectivity index (χ4n) is 2.77. The summed E-state index contributed by atoms with van der Waals surface area (Å²) in [5.74, 6) is -0.252. The number of non-ortho nitro benzene ring substituents is 2. The van der Waals surface area contributed by atoms with E-state index in [1.165, 1.54) is 48.5 Å². The number of benzene rings is 2. The van der Waals surface area contributed by atoms with Gasteiger partial charge in [0, 0.05) is 41.6 Å². The molecular formula is C21H13ClN4O6. The van der Waals surface area contributed by atoms with Crippen molar-refractivity contribution in [3.05, 3.63) is 90.7 Å². The van der Waals surface area contributed by atoms with Gasteiger partial charge in [-0.2, -0.15) is 5.26 Å². The molecule has 0 aliphatic rings. The number of aryl methyl sites for hydroxylation is 1. The molecule has 0 atom stereocenters. The summed E-state index contributed by atoms with van der Waals surface area (Å²) in [6, 6.07) is 12.7. The van der Waals surface area contributed by atoms with Crippen molar-refractivity contribution in [3.8, 4) is 17.4 Å². The minimum absolute atomic E-state index is 0.107. The number of halogens is 1. The molecule has 0 unspecified atom stereocenters. The zero-order chi connectivity index (χ0) is 23.4. The summed E-state index contributed by atoms with van der Waals surface area (Å²) < 4.78 is 5.61. The van der Waals surface area contributed by atoms with Crippen molar-refractivity contribution in [2.45, 2.75) is 6.92 Å². The molecule has 3 rings (SSSR count). The van der Waals surface area contributed by atoms with Gasteiger partial charge >= 0.3 is 0 Å². The van der Waals surface area contributed by atoms with Gasteiger partial charge in [0.2, 0.25) is 0 Å². The minimum Gasteiger partial charge on any atom is -0.457 e. The van der Waals surface area contributed by atoms with E-state index in [1.807, 2.05) is 0 Å². The number of nitriles is 1. The van der Waals surface area contributed by atoms with Crippen LogP contribution in [0.25, 0.3) is 17.4 Å². The van der Waals surface area contributed by atoms with Crippen LogP contribution in [0.3, 0.4) is 0 Å². The lowest BCUT2D eigenvalue weighted by atomic mass is 10.1. The second kappa shape index (κ2) is 9.11. The molecule has 0 radical (unpaired) electrons.